The lowest BCUT2D eigenvalue weighted by molar-refractivity contribution is -0.139. The van der Waals surface area contributed by atoms with Crippen LogP contribution in [0.2, 0.25) is 0 Å². The summed E-state index contributed by atoms with van der Waals surface area (Å²) >= 11 is 0. The van der Waals surface area contributed by atoms with Crippen LogP contribution in [0.4, 0.5) is 5.69 Å². The van der Waals surface area contributed by atoms with Gasteiger partial charge in [-0.25, -0.2) is 4.79 Å². The Morgan fingerprint density at radius 3 is 2.26 bits per heavy atom. The van der Waals surface area contributed by atoms with Crippen LogP contribution in [0.1, 0.15) is 12.5 Å². The topological polar surface area (TPSA) is 92.3 Å². The third-order valence-corrected chi connectivity index (χ3v) is 4.42. The van der Waals surface area contributed by atoms with Crippen LogP contribution in [-0.2, 0) is 19.1 Å². The molecule has 0 bridgehead atoms. The smallest absolute Gasteiger partial charge is 0.347 e. The monoisotopic (exact) mass is 425 g/mol. The molecule has 1 heterocycles. The molecule has 0 saturated heterocycles. The van der Waals surface area contributed by atoms with E-state index in [9.17, 15) is 9.59 Å². The van der Waals surface area contributed by atoms with Crippen molar-refractivity contribution in [2.75, 3.05) is 33.3 Å². The average Bonchev–Trinajstić information content (AvgIpc) is 3.08. The number of allylic oxidation sites excluding steroid dienone is 1. The molecule has 0 aromatic heterocycles. The molecule has 31 heavy (non-hydrogen) atoms. The van der Waals surface area contributed by atoms with Crippen LogP contribution in [0.3, 0.4) is 0 Å². The van der Waals surface area contributed by atoms with Crippen molar-refractivity contribution < 1.29 is 33.3 Å². The molecule has 3 rings (SSSR count). The minimum atomic E-state index is -0.770. The summed E-state index contributed by atoms with van der Waals surface area (Å²) in [4.78, 5) is 25.5. The predicted molar refractivity (Wildman–Crippen MR) is 114 cm³/mol. The fourth-order valence-corrected chi connectivity index (χ4v) is 2.96. The molecule has 0 radical (unpaired) electrons. The van der Waals surface area contributed by atoms with E-state index in [-0.39, 0.29) is 23.8 Å². The number of carbonyl (C=O) groups excluding carboxylic acids is 2. The number of Topliss-reactive ketones (excluding diaryl/α,β-unsaturated/α-hetero) is 1. The van der Waals surface area contributed by atoms with Crippen molar-refractivity contribution in [1.29, 1.82) is 0 Å². The molecule has 0 spiro atoms. The van der Waals surface area contributed by atoms with E-state index in [4.69, 9.17) is 23.7 Å². The van der Waals surface area contributed by atoms with Crippen molar-refractivity contribution >= 4 is 23.5 Å². The van der Waals surface area contributed by atoms with Crippen LogP contribution in [0, 0.1) is 0 Å². The number of hydrogen-bond donors (Lipinski definition) is 1. The number of ketones is 1. The molecule has 2 aromatic carbocycles. The fourth-order valence-electron chi connectivity index (χ4n) is 2.96. The van der Waals surface area contributed by atoms with Crippen LogP contribution >= 0.6 is 0 Å². The van der Waals surface area contributed by atoms with E-state index in [0.717, 1.165) is 0 Å². The van der Waals surface area contributed by atoms with Gasteiger partial charge in [-0.05, 0) is 31.2 Å². The highest BCUT2D eigenvalue weighted by Gasteiger charge is 2.37. The molecule has 1 N–H and O–H groups in total. The molecule has 1 aliphatic heterocycles. The highest BCUT2D eigenvalue weighted by molar-refractivity contribution is 6.26. The Hall–Kier alpha value is -3.94. The summed E-state index contributed by atoms with van der Waals surface area (Å²) in [6.07, 6.45) is 1.47. The Bertz CT molecular complexity index is 1040. The standard InChI is InChI=1S/C23H23NO7/c1-5-30-23(26)20-21(25)19(31-22(20)24-15-9-7-6-8-10-15)12-14-11-17(28-3)18(29-4)13-16(14)27-2/h6-13,24H,5H2,1-4H3/b19-12+. The second-order valence-electron chi connectivity index (χ2n) is 6.30. The number of ether oxygens (including phenoxy) is 5. The number of rotatable bonds is 8. The van der Waals surface area contributed by atoms with Gasteiger partial charge >= 0.3 is 5.97 Å². The average molecular weight is 425 g/mol. The Labute approximate surface area is 180 Å². The first-order chi connectivity index (χ1) is 15.0. The van der Waals surface area contributed by atoms with E-state index in [0.29, 0.717) is 28.5 Å². The van der Waals surface area contributed by atoms with Gasteiger partial charge in [0.2, 0.25) is 11.7 Å². The van der Waals surface area contributed by atoms with Crippen molar-refractivity contribution in [2.24, 2.45) is 0 Å². The number of benzene rings is 2. The van der Waals surface area contributed by atoms with Crippen LogP contribution in [-0.4, -0.2) is 39.7 Å². The zero-order valence-corrected chi connectivity index (χ0v) is 17.7. The van der Waals surface area contributed by atoms with Crippen molar-refractivity contribution in [3.05, 3.63) is 65.2 Å². The van der Waals surface area contributed by atoms with E-state index in [1.165, 1.54) is 27.4 Å². The summed E-state index contributed by atoms with van der Waals surface area (Å²) in [5.74, 6) is -0.0860. The van der Waals surface area contributed by atoms with Gasteiger partial charge in [0.15, 0.2) is 22.8 Å². The lowest BCUT2D eigenvalue weighted by Gasteiger charge is -2.12. The molecule has 8 heteroatoms. The first kappa shape index (κ1) is 21.8. The summed E-state index contributed by atoms with van der Waals surface area (Å²) in [5, 5.41) is 2.96. The van der Waals surface area contributed by atoms with Crippen LogP contribution in [0.25, 0.3) is 6.08 Å². The van der Waals surface area contributed by atoms with Gasteiger partial charge in [0.1, 0.15) is 5.75 Å². The summed E-state index contributed by atoms with van der Waals surface area (Å²) in [6.45, 7) is 1.78. The third kappa shape index (κ3) is 4.63. The maximum atomic E-state index is 13.0. The Balaban J connectivity index is 2.01. The van der Waals surface area contributed by atoms with Crippen LogP contribution < -0.4 is 19.5 Å². The number of methoxy groups -OCH3 is 3. The predicted octanol–water partition coefficient (Wildman–Crippen LogP) is 3.54. The van der Waals surface area contributed by atoms with E-state index >= 15 is 0 Å². The van der Waals surface area contributed by atoms with E-state index < -0.39 is 11.8 Å². The van der Waals surface area contributed by atoms with Gasteiger partial charge < -0.3 is 29.0 Å². The van der Waals surface area contributed by atoms with E-state index in [1.807, 2.05) is 18.2 Å². The maximum absolute atomic E-state index is 13.0. The zero-order valence-electron chi connectivity index (χ0n) is 17.7. The SMILES string of the molecule is CCOC(=O)C1=C(Nc2ccccc2)O/C(=C/c2cc(OC)c(OC)cc2OC)C1=O. The molecule has 0 aliphatic carbocycles. The Kier molecular flexibility index (Phi) is 6.81. The summed E-state index contributed by atoms with van der Waals surface area (Å²) in [6, 6.07) is 12.3. The van der Waals surface area contributed by atoms with Gasteiger partial charge in [-0.1, -0.05) is 18.2 Å². The van der Waals surface area contributed by atoms with Gasteiger partial charge in [0, 0.05) is 17.3 Å². The number of hydrogen-bond acceptors (Lipinski definition) is 8. The number of anilines is 1. The lowest BCUT2D eigenvalue weighted by Crippen LogP contribution is -2.16. The van der Waals surface area contributed by atoms with Gasteiger partial charge in [0.05, 0.1) is 27.9 Å². The Morgan fingerprint density at radius 1 is 1.00 bits per heavy atom. The molecular weight excluding hydrogens is 402 g/mol. The lowest BCUT2D eigenvalue weighted by atomic mass is 10.1. The molecule has 0 amide bonds. The van der Waals surface area contributed by atoms with Crippen LogP contribution in [0.15, 0.2) is 59.7 Å². The van der Waals surface area contributed by atoms with Crippen molar-refractivity contribution in [2.45, 2.75) is 6.92 Å². The van der Waals surface area contributed by atoms with Crippen LogP contribution in [0.5, 0.6) is 17.2 Å². The number of carbonyl (C=O) groups is 2. The number of nitrogens with one attached hydrogen (secondary N) is 1. The maximum Gasteiger partial charge on any atom is 0.347 e. The van der Waals surface area contributed by atoms with Gasteiger partial charge in [-0.3, -0.25) is 4.79 Å². The zero-order chi connectivity index (χ0) is 22.4. The highest BCUT2D eigenvalue weighted by Crippen LogP contribution is 2.37. The molecule has 162 valence electrons. The molecule has 8 nitrogen and oxygen atoms in total. The third-order valence-electron chi connectivity index (χ3n) is 4.42. The summed E-state index contributed by atoms with van der Waals surface area (Å²) in [7, 11) is 4.50. The second kappa shape index (κ2) is 9.71. The highest BCUT2D eigenvalue weighted by atomic mass is 16.5. The van der Waals surface area contributed by atoms with E-state index in [1.54, 1.807) is 31.2 Å². The van der Waals surface area contributed by atoms with Gasteiger partial charge in [-0.15, -0.1) is 0 Å². The Morgan fingerprint density at radius 2 is 1.65 bits per heavy atom. The van der Waals surface area contributed by atoms with Gasteiger partial charge in [-0.2, -0.15) is 0 Å². The van der Waals surface area contributed by atoms with Gasteiger partial charge in [0.25, 0.3) is 0 Å². The molecule has 0 unspecified atom stereocenters. The molecule has 0 atom stereocenters. The minimum Gasteiger partial charge on any atom is -0.496 e. The first-order valence-electron chi connectivity index (χ1n) is 9.50. The van der Waals surface area contributed by atoms with Crippen molar-refractivity contribution in [3.8, 4) is 17.2 Å². The normalized spacial score (nSPS) is 14.3. The fraction of sp³-hybridized carbons (Fsp3) is 0.217. The first-order valence-corrected chi connectivity index (χ1v) is 9.50. The molecule has 0 saturated carbocycles. The number of para-hydroxylation sites is 1. The molecule has 2 aromatic rings. The largest absolute Gasteiger partial charge is 0.496 e. The van der Waals surface area contributed by atoms with Crippen molar-refractivity contribution in [3.63, 3.8) is 0 Å². The summed E-state index contributed by atoms with van der Waals surface area (Å²) in [5.41, 5.74) is 0.945. The quantitative estimate of drug-likeness (QED) is 0.390. The molecule has 1 aliphatic rings. The van der Waals surface area contributed by atoms with Crippen molar-refractivity contribution in [1.82, 2.24) is 0 Å². The second-order valence-corrected chi connectivity index (χ2v) is 6.30. The summed E-state index contributed by atoms with van der Waals surface area (Å²) < 4.78 is 26.8. The molecule has 0 fully saturated rings. The minimum absolute atomic E-state index is 0.000318. The molecular formula is C23H23NO7. The van der Waals surface area contributed by atoms with E-state index in [2.05, 4.69) is 5.32 Å². The number of esters is 1.